The summed E-state index contributed by atoms with van der Waals surface area (Å²) in [7, 11) is 0. The molecule has 6 heteroatoms. The lowest BCUT2D eigenvalue weighted by Crippen LogP contribution is -2.35. The molecule has 0 saturated heterocycles. The molecule has 1 aromatic heterocycles. The molecule has 3 N–H and O–H groups in total. The van der Waals surface area contributed by atoms with Crippen molar-refractivity contribution in [2.75, 3.05) is 26.2 Å². The van der Waals surface area contributed by atoms with E-state index in [2.05, 4.69) is 15.5 Å². The zero-order valence-corrected chi connectivity index (χ0v) is 9.99. The molecular weight excluding hydrogens is 220 g/mol. The van der Waals surface area contributed by atoms with Crippen molar-refractivity contribution in [3.63, 3.8) is 0 Å². The minimum atomic E-state index is -0.109. The first-order chi connectivity index (χ1) is 8.27. The van der Waals surface area contributed by atoms with E-state index in [0.717, 1.165) is 24.2 Å². The van der Waals surface area contributed by atoms with Gasteiger partial charge in [-0.3, -0.25) is 9.89 Å². The van der Waals surface area contributed by atoms with E-state index in [0.29, 0.717) is 25.3 Å². The molecule has 2 heterocycles. The van der Waals surface area contributed by atoms with Crippen LogP contribution < -0.4 is 5.32 Å². The van der Waals surface area contributed by atoms with Gasteiger partial charge in [-0.05, 0) is 6.92 Å². The molecule has 1 amide bonds. The van der Waals surface area contributed by atoms with Gasteiger partial charge in [0.05, 0.1) is 6.61 Å². The van der Waals surface area contributed by atoms with Crippen molar-refractivity contribution in [1.82, 2.24) is 20.4 Å². The number of nitrogens with zero attached hydrogens (tertiary/aromatic N) is 2. The third kappa shape index (κ3) is 2.32. The van der Waals surface area contributed by atoms with Gasteiger partial charge < -0.3 is 15.3 Å². The number of hydrogen-bond donors (Lipinski definition) is 3. The van der Waals surface area contributed by atoms with Crippen molar-refractivity contribution in [3.8, 4) is 0 Å². The van der Waals surface area contributed by atoms with Gasteiger partial charge in [0.1, 0.15) is 0 Å². The van der Waals surface area contributed by atoms with Gasteiger partial charge in [-0.1, -0.05) is 0 Å². The van der Waals surface area contributed by atoms with Crippen molar-refractivity contribution in [2.45, 2.75) is 19.9 Å². The highest BCUT2D eigenvalue weighted by atomic mass is 16.3. The summed E-state index contributed by atoms with van der Waals surface area (Å²) in [5.74, 6) is -0.109. The minimum absolute atomic E-state index is 0.0234. The summed E-state index contributed by atoms with van der Waals surface area (Å²) in [6.45, 7) is 4.40. The van der Waals surface area contributed by atoms with Crippen LogP contribution in [0.5, 0.6) is 0 Å². The number of aliphatic hydroxyl groups excluding tert-OH is 1. The Morgan fingerprint density at radius 2 is 2.41 bits per heavy atom. The molecule has 1 aliphatic rings. The lowest BCUT2D eigenvalue weighted by atomic mass is 10.1. The molecule has 17 heavy (non-hydrogen) atoms. The molecule has 0 fully saturated rings. The second-order valence-corrected chi connectivity index (χ2v) is 4.06. The Labute approximate surface area is 100 Å². The predicted octanol–water partition coefficient (Wildman–Crippen LogP) is -0.490. The zero-order chi connectivity index (χ0) is 12.3. The second kappa shape index (κ2) is 5.29. The molecule has 2 rings (SSSR count). The van der Waals surface area contributed by atoms with Crippen LogP contribution in [0.25, 0.3) is 0 Å². The Bertz CT molecular complexity index is 402. The number of carbonyl (C=O) groups excluding carboxylic acids is 1. The van der Waals surface area contributed by atoms with Gasteiger partial charge in [-0.2, -0.15) is 5.10 Å². The highest BCUT2D eigenvalue weighted by Crippen LogP contribution is 2.16. The van der Waals surface area contributed by atoms with Crippen LogP contribution in [0, 0.1) is 0 Å². The van der Waals surface area contributed by atoms with E-state index in [1.54, 1.807) is 4.90 Å². The highest BCUT2D eigenvalue weighted by Gasteiger charge is 2.24. The first-order valence-electron chi connectivity index (χ1n) is 5.94. The van der Waals surface area contributed by atoms with Gasteiger partial charge in [0, 0.05) is 43.9 Å². The number of aromatic nitrogens is 2. The van der Waals surface area contributed by atoms with Crippen LogP contribution in [0.15, 0.2) is 0 Å². The lowest BCUT2D eigenvalue weighted by Gasteiger charge is -2.20. The molecule has 94 valence electrons. The van der Waals surface area contributed by atoms with Gasteiger partial charge >= 0.3 is 0 Å². The topological polar surface area (TPSA) is 81.2 Å². The zero-order valence-electron chi connectivity index (χ0n) is 9.99. The molecule has 0 saturated carbocycles. The maximum absolute atomic E-state index is 12.2. The SMILES string of the molecule is CCN(CCO)C(=O)c1n[nH]c2c1CNCC2. The summed E-state index contributed by atoms with van der Waals surface area (Å²) < 4.78 is 0. The van der Waals surface area contributed by atoms with Crippen LogP contribution in [0.4, 0.5) is 0 Å². The highest BCUT2D eigenvalue weighted by molar-refractivity contribution is 5.94. The minimum Gasteiger partial charge on any atom is -0.395 e. The van der Waals surface area contributed by atoms with Crippen molar-refractivity contribution < 1.29 is 9.90 Å². The monoisotopic (exact) mass is 238 g/mol. The predicted molar refractivity (Wildman–Crippen MR) is 62.7 cm³/mol. The van der Waals surface area contributed by atoms with E-state index in [-0.39, 0.29) is 12.5 Å². The number of rotatable bonds is 4. The molecule has 0 aromatic carbocycles. The number of hydrogen-bond acceptors (Lipinski definition) is 4. The van der Waals surface area contributed by atoms with Crippen LogP contribution >= 0.6 is 0 Å². The smallest absolute Gasteiger partial charge is 0.274 e. The van der Waals surface area contributed by atoms with Gasteiger partial charge in [0.15, 0.2) is 5.69 Å². The van der Waals surface area contributed by atoms with Crippen molar-refractivity contribution in [2.24, 2.45) is 0 Å². The summed E-state index contributed by atoms with van der Waals surface area (Å²) in [6.07, 6.45) is 0.877. The number of nitrogens with one attached hydrogen (secondary N) is 2. The average Bonchev–Trinajstić information content (AvgIpc) is 2.79. The largest absolute Gasteiger partial charge is 0.395 e. The maximum atomic E-state index is 12.2. The fourth-order valence-corrected chi connectivity index (χ4v) is 2.08. The molecule has 1 aliphatic heterocycles. The van der Waals surface area contributed by atoms with Crippen LogP contribution in [-0.4, -0.2) is 52.4 Å². The quantitative estimate of drug-likeness (QED) is 0.661. The Morgan fingerprint density at radius 3 is 3.12 bits per heavy atom. The van der Waals surface area contributed by atoms with Gasteiger partial charge in [-0.15, -0.1) is 0 Å². The number of aromatic amines is 1. The number of likely N-dealkylation sites (N-methyl/N-ethyl adjacent to an activating group) is 1. The van der Waals surface area contributed by atoms with Crippen LogP contribution in [-0.2, 0) is 13.0 Å². The van der Waals surface area contributed by atoms with E-state index in [1.165, 1.54) is 0 Å². The van der Waals surface area contributed by atoms with Crippen molar-refractivity contribution in [1.29, 1.82) is 0 Å². The molecule has 0 radical (unpaired) electrons. The lowest BCUT2D eigenvalue weighted by molar-refractivity contribution is 0.0724. The summed E-state index contributed by atoms with van der Waals surface area (Å²) in [4.78, 5) is 13.8. The molecular formula is C11H18N4O2. The van der Waals surface area contributed by atoms with E-state index in [9.17, 15) is 4.79 Å². The fourth-order valence-electron chi connectivity index (χ4n) is 2.08. The maximum Gasteiger partial charge on any atom is 0.274 e. The summed E-state index contributed by atoms with van der Waals surface area (Å²) in [6, 6.07) is 0. The number of H-pyrrole nitrogens is 1. The molecule has 0 spiro atoms. The Kier molecular flexibility index (Phi) is 3.75. The van der Waals surface area contributed by atoms with Crippen molar-refractivity contribution >= 4 is 5.91 Å². The molecule has 1 aromatic rings. The van der Waals surface area contributed by atoms with E-state index < -0.39 is 0 Å². The molecule has 0 atom stereocenters. The normalized spacial score (nSPS) is 14.5. The molecule has 0 bridgehead atoms. The van der Waals surface area contributed by atoms with Gasteiger partial charge in [-0.25, -0.2) is 0 Å². The summed E-state index contributed by atoms with van der Waals surface area (Å²) in [5.41, 5.74) is 2.51. The molecule has 6 nitrogen and oxygen atoms in total. The third-order valence-corrected chi connectivity index (χ3v) is 3.05. The number of fused-ring (bicyclic) bond motifs is 1. The molecule has 0 unspecified atom stereocenters. The van der Waals surface area contributed by atoms with Gasteiger partial charge in [0.2, 0.25) is 0 Å². The number of amides is 1. The van der Waals surface area contributed by atoms with Crippen LogP contribution in [0.2, 0.25) is 0 Å². The first-order valence-corrected chi connectivity index (χ1v) is 5.94. The van der Waals surface area contributed by atoms with Crippen LogP contribution in [0.3, 0.4) is 0 Å². The van der Waals surface area contributed by atoms with E-state index in [1.807, 2.05) is 6.92 Å². The Balaban J connectivity index is 2.21. The third-order valence-electron chi connectivity index (χ3n) is 3.05. The fraction of sp³-hybridized carbons (Fsp3) is 0.636. The Hall–Kier alpha value is -1.40. The van der Waals surface area contributed by atoms with Crippen molar-refractivity contribution in [3.05, 3.63) is 17.0 Å². The summed E-state index contributed by atoms with van der Waals surface area (Å²) in [5, 5.41) is 19.2. The van der Waals surface area contributed by atoms with Crippen LogP contribution in [0.1, 0.15) is 28.7 Å². The standard InChI is InChI=1S/C11H18N4O2/c1-2-15(5-6-16)11(17)10-8-7-12-4-3-9(8)13-14-10/h12,16H,2-7H2,1H3,(H,13,14). The van der Waals surface area contributed by atoms with Gasteiger partial charge in [0.25, 0.3) is 5.91 Å². The second-order valence-electron chi connectivity index (χ2n) is 4.06. The van der Waals surface area contributed by atoms with E-state index in [4.69, 9.17) is 5.11 Å². The first kappa shape index (κ1) is 12.1. The number of aliphatic hydroxyl groups is 1. The molecule has 0 aliphatic carbocycles. The van der Waals surface area contributed by atoms with E-state index >= 15 is 0 Å². The summed E-state index contributed by atoms with van der Waals surface area (Å²) >= 11 is 0. The average molecular weight is 238 g/mol. The Morgan fingerprint density at radius 1 is 1.59 bits per heavy atom. The number of carbonyl (C=O) groups is 1.